The van der Waals surface area contributed by atoms with Gasteiger partial charge in [-0.2, -0.15) is 5.10 Å². The summed E-state index contributed by atoms with van der Waals surface area (Å²) in [6.45, 7) is 0. The Kier molecular flexibility index (Phi) is 3.83. The van der Waals surface area contributed by atoms with Crippen molar-refractivity contribution in [3.05, 3.63) is 34.3 Å². The summed E-state index contributed by atoms with van der Waals surface area (Å²) in [5.41, 5.74) is 3.85. The van der Waals surface area contributed by atoms with E-state index in [9.17, 15) is 8.42 Å². The summed E-state index contributed by atoms with van der Waals surface area (Å²) < 4.78 is 23.4. The van der Waals surface area contributed by atoms with Crippen LogP contribution in [0.25, 0.3) is 0 Å². The molecule has 6 heteroatoms. The second kappa shape index (κ2) is 5.18. The zero-order valence-corrected chi connectivity index (χ0v) is 11.5. The van der Waals surface area contributed by atoms with Crippen molar-refractivity contribution in [2.45, 2.75) is 12.5 Å². The van der Waals surface area contributed by atoms with Crippen LogP contribution in [-0.4, -0.2) is 32.2 Å². The first kappa shape index (κ1) is 12.6. The zero-order valence-electron chi connectivity index (χ0n) is 9.14. The predicted molar refractivity (Wildman–Crippen MR) is 71.9 cm³/mol. The van der Waals surface area contributed by atoms with Crippen LogP contribution in [0.15, 0.2) is 33.8 Å². The average molecular weight is 317 g/mol. The third kappa shape index (κ3) is 3.81. The van der Waals surface area contributed by atoms with E-state index in [1.54, 1.807) is 6.21 Å². The molecule has 1 aromatic rings. The molecule has 1 aliphatic heterocycles. The first-order valence-electron chi connectivity index (χ1n) is 5.30. The van der Waals surface area contributed by atoms with Crippen molar-refractivity contribution in [1.29, 1.82) is 0 Å². The molecule has 1 N–H and O–H groups in total. The number of benzene rings is 1. The monoisotopic (exact) mass is 316 g/mol. The highest BCUT2D eigenvalue weighted by atomic mass is 79.9. The lowest BCUT2D eigenvalue weighted by Crippen LogP contribution is -2.25. The summed E-state index contributed by atoms with van der Waals surface area (Å²) in [6, 6.07) is 7.68. The van der Waals surface area contributed by atoms with Crippen molar-refractivity contribution in [2.75, 3.05) is 11.5 Å². The topological polar surface area (TPSA) is 58.5 Å². The number of hydrogen-bond acceptors (Lipinski definition) is 4. The van der Waals surface area contributed by atoms with Crippen molar-refractivity contribution in [2.24, 2.45) is 5.10 Å². The summed E-state index contributed by atoms with van der Waals surface area (Å²) in [5, 5.41) is 4.06. The van der Waals surface area contributed by atoms with Gasteiger partial charge < -0.3 is 5.43 Å². The van der Waals surface area contributed by atoms with Crippen molar-refractivity contribution < 1.29 is 8.42 Å². The van der Waals surface area contributed by atoms with Gasteiger partial charge in [-0.25, -0.2) is 8.42 Å². The minimum Gasteiger partial charge on any atom is -0.306 e. The minimum absolute atomic E-state index is 0.0494. The molecular weight excluding hydrogens is 304 g/mol. The Morgan fingerprint density at radius 2 is 2.06 bits per heavy atom. The lowest BCUT2D eigenvalue weighted by Gasteiger charge is -2.05. The van der Waals surface area contributed by atoms with E-state index >= 15 is 0 Å². The predicted octanol–water partition coefficient (Wildman–Crippen LogP) is 1.56. The third-order valence-electron chi connectivity index (χ3n) is 2.57. The molecule has 92 valence electrons. The summed E-state index contributed by atoms with van der Waals surface area (Å²) in [5.74, 6) is 0.448. The molecule has 1 saturated heterocycles. The van der Waals surface area contributed by atoms with Crippen LogP contribution in [0.3, 0.4) is 0 Å². The van der Waals surface area contributed by atoms with Gasteiger partial charge in [-0.15, -0.1) is 0 Å². The fourth-order valence-electron chi connectivity index (χ4n) is 1.66. The van der Waals surface area contributed by atoms with Crippen molar-refractivity contribution in [1.82, 2.24) is 5.43 Å². The first-order valence-corrected chi connectivity index (χ1v) is 7.91. The van der Waals surface area contributed by atoms with Gasteiger partial charge in [-0.1, -0.05) is 28.1 Å². The molecule has 1 aromatic carbocycles. The van der Waals surface area contributed by atoms with Gasteiger partial charge in [0.2, 0.25) is 0 Å². The molecule has 1 unspecified atom stereocenters. The lowest BCUT2D eigenvalue weighted by molar-refractivity contribution is 0.578. The van der Waals surface area contributed by atoms with Gasteiger partial charge in [0, 0.05) is 4.47 Å². The van der Waals surface area contributed by atoms with Gasteiger partial charge >= 0.3 is 0 Å². The van der Waals surface area contributed by atoms with E-state index in [-0.39, 0.29) is 17.5 Å². The number of halogens is 1. The SMILES string of the molecule is O=S1(=O)CCC(N/N=C/c2ccc(Br)cc2)C1. The smallest absolute Gasteiger partial charge is 0.152 e. The molecule has 17 heavy (non-hydrogen) atoms. The van der Waals surface area contributed by atoms with Crippen LogP contribution in [0.2, 0.25) is 0 Å². The molecule has 1 heterocycles. The number of nitrogens with zero attached hydrogens (tertiary/aromatic N) is 1. The van der Waals surface area contributed by atoms with Crippen LogP contribution < -0.4 is 5.43 Å². The Bertz CT molecular complexity index is 511. The minimum atomic E-state index is -2.84. The van der Waals surface area contributed by atoms with Crippen molar-refractivity contribution >= 4 is 32.0 Å². The van der Waals surface area contributed by atoms with Gasteiger partial charge in [-0.05, 0) is 24.1 Å². The van der Waals surface area contributed by atoms with E-state index in [1.165, 1.54) is 0 Å². The second-order valence-electron chi connectivity index (χ2n) is 4.04. The van der Waals surface area contributed by atoms with Gasteiger partial charge in [0.1, 0.15) is 0 Å². The molecule has 0 aromatic heterocycles. The van der Waals surface area contributed by atoms with Gasteiger partial charge in [-0.3, -0.25) is 0 Å². The largest absolute Gasteiger partial charge is 0.306 e. The molecule has 1 fully saturated rings. The molecule has 2 rings (SSSR count). The first-order chi connectivity index (χ1) is 8.05. The van der Waals surface area contributed by atoms with Crippen molar-refractivity contribution in [3.63, 3.8) is 0 Å². The lowest BCUT2D eigenvalue weighted by atomic mass is 10.2. The van der Waals surface area contributed by atoms with Crippen LogP contribution in [0.4, 0.5) is 0 Å². The fourth-order valence-corrected chi connectivity index (χ4v) is 3.59. The molecule has 1 aliphatic rings. The molecule has 0 amide bonds. The molecule has 0 bridgehead atoms. The maximum absolute atomic E-state index is 11.2. The van der Waals surface area contributed by atoms with E-state index in [1.807, 2.05) is 24.3 Å². The Labute approximate surface area is 109 Å². The highest BCUT2D eigenvalue weighted by Crippen LogP contribution is 2.11. The molecule has 4 nitrogen and oxygen atoms in total. The number of hydrazone groups is 1. The highest BCUT2D eigenvalue weighted by molar-refractivity contribution is 9.10. The van der Waals surface area contributed by atoms with Crippen LogP contribution in [0, 0.1) is 0 Å². The van der Waals surface area contributed by atoms with E-state index in [0.29, 0.717) is 6.42 Å². The average Bonchev–Trinajstić information content (AvgIpc) is 2.61. The number of sulfone groups is 1. The molecular formula is C11H13BrN2O2S. The van der Waals surface area contributed by atoms with Crippen LogP contribution in [0.1, 0.15) is 12.0 Å². The van der Waals surface area contributed by atoms with E-state index in [2.05, 4.69) is 26.5 Å². The molecule has 1 atom stereocenters. The van der Waals surface area contributed by atoms with E-state index in [4.69, 9.17) is 0 Å². The summed E-state index contributed by atoms with van der Waals surface area (Å²) in [6.07, 6.45) is 2.33. The Morgan fingerprint density at radius 1 is 1.35 bits per heavy atom. The van der Waals surface area contributed by atoms with E-state index < -0.39 is 9.84 Å². The molecule has 0 spiro atoms. The second-order valence-corrected chi connectivity index (χ2v) is 7.18. The van der Waals surface area contributed by atoms with E-state index in [0.717, 1.165) is 10.0 Å². The van der Waals surface area contributed by atoms with Crippen LogP contribution >= 0.6 is 15.9 Å². The quantitative estimate of drug-likeness (QED) is 0.680. The van der Waals surface area contributed by atoms with Gasteiger partial charge in [0.15, 0.2) is 9.84 Å². The summed E-state index contributed by atoms with van der Waals surface area (Å²) >= 11 is 3.35. The van der Waals surface area contributed by atoms with Crippen molar-refractivity contribution in [3.8, 4) is 0 Å². The standard InChI is InChI=1S/C11H13BrN2O2S/c12-10-3-1-9(2-4-10)7-13-14-11-5-6-17(15,16)8-11/h1-4,7,11,14H,5-6,8H2/b13-7+. The highest BCUT2D eigenvalue weighted by Gasteiger charge is 2.27. The van der Waals surface area contributed by atoms with Crippen LogP contribution in [0.5, 0.6) is 0 Å². The number of rotatable bonds is 3. The Hall–Kier alpha value is -0.880. The maximum Gasteiger partial charge on any atom is 0.152 e. The fraction of sp³-hybridized carbons (Fsp3) is 0.364. The Morgan fingerprint density at radius 3 is 2.65 bits per heavy atom. The normalized spacial score (nSPS) is 23.0. The third-order valence-corrected chi connectivity index (χ3v) is 4.87. The zero-order chi connectivity index (χ0) is 12.3. The number of hydrogen-bond donors (Lipinski definition) is 1. The molecule has 0 radical (unpaired) electrons. The number of nitrogens with one attached hydrogen (secondary N) is 1. The van der Waals surface area contributed by atoms with Gasteiger partial charge in [0.25, 0.3) is 0 Å². The molecule has 0 saturated carbocycles. The summed E-state index contributed by atoms with van der Waals surface area (Å²) in [7, 11) is -2.84. The Balaban J connectivity index is 1.88. The van der Waals surface area contributed by atoms with Crippen LogP contribution in [-0.2, 0) is 9.84 Å². The summed E-state index contributed by atoms with van der Waals surface area (Å²) in [4.78, 5) is 0. The maximum atomic E-state index is 11.2. The van der Waals surface area contributed by atoms with Gasteiger partial charge in [0.05, 0.1) is 23.8 Å². The molecule has 0 aliphatic carbocycles.